The molecule has 0 spiro atoms. The number of fused-ring (bicyclic) bond motifs is 1. The molecule has 3 rings (SSSR count). The number of rotatable bonds is 5. The lowest BCUT2D eigenvalue weighted by Gasteiger charge is -2.16. The van der Waals surface area contributed by atoms with E-state index in [0.717, 1.165) is 29.2 Å². The summed E-state index contributed by atoms with van der Waals surface area (Å²) in [5.41, 5.74) is 1.01. The molecule has 1 aromatic carbocycles. The van der Waals surface area contributed by atoms with Crippen LogP contribution < -0.4 is 5.32 Å². The first-order valence-corrected chi connectivity index (χ1v) is 6.83. The highest BCUT2D eigenvalue weighted by atomic mass is 15.1. The quantitative estimate of drug-likeness (QED) is 0.868. The Kier molecular flexibility index (Phi) is 3.13. The molecule has 1 fully saturated rings. The van der Waals surface area contributed by atoms with Gasteiger partial charge in [0.1, 0.15) is 0 Å². The zero-order valence-electron chi connectivity index (χ0n) is 10.8. The van der Waals surface area contributed by atoms with E-state index in [1.807, 2.05) is 30.5 Å². The van der Waals surface area contributed by atoms with E-state index >= 15 is 0 Å². The summed E-state index contributed by atoms with van der Waals surface area (Å²) < 4.78 is 0. The van der Waals surface area contributed by atoms with Gasteiger partial charge in [-0.2, -0.15) is 0 Å². The fraction of sp³-hybridized carbons (Fsp3) is 0.467. The van der Waals surface area contributed by atoms with Crippen molar-refractivity contribution in [2.45, 2.75) is 38.6 Å². The van der Waals surface area contributed by atoms with Crippen LogP contribution in [-0.2, 0) is 0 Å². The lowest BCUT2D eigenvalue weighted by Crippen LogP contribution is -2.20. The molecular formula is C15H19N3. The van der Waals surface area contributed by atoms with Gasteiger partial charge in [-0.1, -0.05) is 38.0 Å². The van der Waals surface area contributed by atoms with E-state index in [2.05, 4.69) is 22.2 Å². The van der Waals surface area contributed by atoms with Crippen LogP contribution in [0.2, 0.25) is 0 Å². The molecule has 0 bridgehead atoms. The molecule has 0 aliphatic heterocycles. The van der Waals surface area contributed by atoms with Gasteiger partial charge in [-0.05, 0) is 24.8 Å². The Morgan fingerprint density at radius 2 is 2.17 bits per heavy atom. The van der Waals surface area contributed by atoms with Gasteiger partial charge in [-0.15, -0.1) is 0 Å². The van der Waals surface area contributed by atoms with Gasteiger partial charge in [0.15, 0.2) is 0 Å². The van der Waals surface area contributed by atoms with E-state index in [-0.39, 0.29) is 0 Å². The summed E-state index contributed by atoms with van der Waals surface area (Å²) in [4.78, 5) is 8.97. The van der Waals surface area contributed by atoms with Crippen molar-refractivity contribution in [1.29, 1.82) is 0 Å². The van der Waals surface area contributed by atoms with Crippen molar-refractivity contribution in [2.24, 2.45) is 5.92 Å². The largest absolute Gasteiger partial charge is 0.351 e. The van der Waals surface area contributed by atoms with Gasteiger partial charge in [0.05, 0.1) is 5.52 Å². The highest BCUT2D eigenvalue weighted by molar-refractivity contribution is 5.78. The fourth-order valence-electron chi connectivity index (χ4n) is 2.31. The summed E-state index contributed by atoms with van der Waals surface area (Å²) >= 11 is 0. The second-order valence-corrected chi connectivity index (χ2v) is 5.18. The Labute approximate surface area is 108 Å². The number of hydrogen-bond donors (Lipinski definition) is 1. The molecule has 1 unspecified atom stereocenters. The standard InChI is InChI=1S/C15H19N3/c1-2-13(9-11-7-8-11)17-15-16-10-12-5-3-4-6-14(12)18-15/h3-6,10-11,13H,2,7-9H2,1H3,(H,16,17,18). The summed E-state index contributed by atoms with van der Waals surface area (Å²) in [6, 6.07) is 8.62. The van der Waals surface area contributed by atoms with Crippen molar-refractivity contribution in [3.8, 4) is 0 Å². The molecule has 0 radical (unpaired) electrons. The monoisotopic (exact) mass is 241 g/mol. The molecule has 1 N–H and O–H groups in total. The first-order valence-electron chi connectivity index (χ1n) is 6.83. The van der Waals surface area contributed by atoms with E-state index in [1.54, 1.807) is 0 Å². The van der Waals surface area contributed by atoms with Crippen LogP contribution in [0.3, 0.4) is 0 Å². The Hall–Kier alpha value is -1.64. The predicted molar refractivity (Wildman–Crippen MR) is 74.6 cm³/mol. The fourth-order valence-corrected chi connectivity index (χ4v) is 2.31. The van der Waals surface area contributed by atoms with Gasteiger partial charge in [-0.3, -0.25) is 0 Å². The molecule has 1 aliphatic carbocycles. The average molecular weight is 241 g/mol. The number of nitrogens with zero attached hydrogens (tertiary/aromatic N) is 2. The van der Waals surface area contributed by atoms with E-state index in [0.29, 0.717) is 6.04 Å². The molecule has 94 valence electrons. The van der Waals surface area contributed by atoms with Gasteiger partial charge in [0.25, 0.3) is 0 Å². The molecule has 1 aliphatic rings. The smallest absolute Gasteiger partial charge is 0.223 e. The van der Waals surface area contributed by atoms with E-state index in [9.17, 15) is 0 Å². The van der Waals surface area contributed by atoms with Gasteiger partial charge in [0.2, 0.25) is 5.95 Å². The summed E-state index contributed by atoms with van der Waals surface area (Å²) in [6.45, 7) is 2.22. The molecule has 0 amide bonds. The first kappa shape index (κ1) is 11.5. The van der Waals surface area contributed by atoms with Crippen molar-refractivity contribution in [1.82, 2.24) is 9.97 Å². The van der Waals surface area contributed by atoms with E-state index in [1.165, 1.54) is 19.3 Å². The zero-order chi connectivity index (χ0) is 12.4. The number of nitrogens with one attached hydrogen (secondary N) is 1. The van der Waals surface area contributed by atoms with Crippen LogP contribution in [0.5, 0.6) is 0 Å². The highest BCUT2D eigenvalue weighted by Gasteiger charge is 2.24. The van der Waals surface area contributed by atoms with Crippen LogP contribution in [0, 0.1) is 5.92 Å². The number of anilines is 1. The van der Waals surface area contributed by atoms with Crippen molar-refractivity contribution in [3.63, 3.8) is 0 Å². The number of benzene rings is 1. The minimum absolute atomic E-state index is 0.513. The molecule has 1 saturated carbocycles. The van der Waals surface area contributed by atoms with Crippen molar-refractivity contribution in [2.75, 3.05) is 5.32 Å². The average Bonchev–Trinajstić information content (AvgIpc) is 3.22. The topological polar surface area (TPSA) is 37.8 Å². The van der Waals surface area contributed by atoms with Gasteiger partial charge in [0, 0.05) is 17.6 Å². The van der Waals surface area contributed by atoms with Crippen LogP contribution in [0.25, 0.3) is 10.9 Å². The van der Waals surface area contributed by atoms with Gasteiger partial charge in [-0.25, -0.2) is 9.97 Å². The normalized spacial score (nSPS) is 16.7. The molecule has 3 nitrogen and oxygen atoms in total. The Bertz CT molecular complexity index is 534. The van der Waals surface area contributed by atoms with Crippen LogP contribution in [0.4, 0.5) is 5.95 Å². The SMILES string of the molecule is CCC(CC1CC1)Nc1ncc2ccccc2n1. The minimum Gasteiger partial charge on any atom is -0.351 e. The van der Waals surface area contributed by atoms with E-state index < -0.39 is 0 Å². The molecule has 1 heterocycles. The number of para-hydroxylation sites is 1. The molecule has 18 heavy (non-hydrogen) atoms. The lowest BCUT2D eigenvalue weighted by atomic mass is 10.1. The molecule has 3 heteroatoms. The zero-order valence-corrected chi connectivity index (χ0v) is 10.8. The van der Waals surface area contributed by atoms with Crippen LogP contribution in [0.15, 0.2) is 30.5 Å². The minimum atomic E-state index is 0.513. The number of aromatic nitrogens is 2. The summed E-state index contributed by atoms with van der Waals surface area (Å²) in [7, 11) is 0. The van der Waals surface area contributed by atoms with Crippen LogP contribution >= 0.6 is 0 Å². The molecule has 2 aromatic rings. The lowest BCUT2D eigenvalue weighted by molar-refractivity contribution is 0.583. The summed E-state index contributed by atoms with van der Waals surface area (Å²) in [5, 5.41) is 4.57. The van der Waals surface area contributed by atoms with Crippen molar-refractivity contribution < 1.29 is 0 Å². The predicted octanol–water partition coefficient (Wildman–Crippen LogP) is 3.62. The molecule has 0 saturated heterocycles. The maximum atomic E-state index is 4.57. The Morgan fingerprint density at radius 1 is 1.33 bits per heavy atom. The maximum Gasteiger partial charge on any atom is 0.223 e. The third-order valence-electron chi connectivity index (χ3n) is 3.63. The second kappa shape index (κ2) is 4.92. The highest BCUT2D eigenvalue weighted by Crippen LogP contribution is 2.34. The number of hydrogen-bond acceptors (Lipinski definition) is 3. The van der Waals surface area contributed by atoms with Crippen LogP contribution in [0.1, 0.15) is 32.6 Å². The van der Waals surface area contributed by atoms with Gasteiger partial charge >= 0.3 is 0 Å². The third kappa shape index (κ3) is 2.61. The Balaban J connectivity index is 1.76. The van der Waals surface area contributed by atoms with Crippen molar-refractivity contribution >= 4 is 16.9 Å². The van der Waals surface area contributed by atoms with E-state index in [4.69, 9.17) is 0 Å². The molecule has 1 atom stereocenters. The molecular weight excluding hydrogens is 222 g/mol. The van der Waals surface area contributed by atoms with Gasteiger partial charge < -0.3 is 5.32 Å². The molecule has 1 aromatic heterocycles. The van der Waals surface area contributed by atoms with Crippen LogP contribution in [-0.4, -0.2) is 16.0 Å². The third-order valence-corrected chi connectivity index (χ3v) is 3.63. The summed E-state index contributed by atoms with van der Waals surface area (Å²) in [6.07, 6.45) is 7.08. The Morgan fingerprint density at radius 3 is 2.94 bits per heavy atom. The first-order chi connectivity index (χ1) is 8.85. The second-order valence-electron chi connectivity index (χ2n) is 5.18. The van der Waals surface area contributed by atoms with Crippen molar-refractivity contribution in [3.05, 3.63) is 30.5 Å². The summed E-state index contributed by atoms with van der Waals surface area (Å²) in [5.74, 6) is 1.70. The maximum absolute atomic E-state index is 4.57.